The van der Waals surface area contributed by atoms with Crippen LogP contribution in [0.2, 0.25) is 0 Å². The second kappa shape index (κ2) is 14.7. The maximum atomic E-state index is 5.35. The van der Waals surface area contributed by atoms with Crippen molar-refractivity contribution in [2.24, 2.45) is 4.99 Å². The molecular formula is C11H24IN3O. The molecule has 0 fully saturated rings. The van der Waals surface area contributed by atoms with Gasteiger partial charge >= 0.3 is 0 Å². The quantitative estimate of drug-likeness (QED) is 0.233. The van der Waals surface area contributed by atoms with Crippen molar-refractivity contribution in [1.29, 1.82) is 0 Å². The van der Waals surface area contributed by atoms with Crippen LogP contribution in [-0.2, 0) is 4.74 Å². The number of halogens is 1. The van der Waals surface area contributed by atoms with E-state index in [1.54, 1.807) is 0 Å². The molecule has 0 amide bonds. The third-order valence-corrected chi connectivity index (χ3v) is 1.66. The summed E-state index contributed by atoms with van der Waals surface area (Å²) in [7, 11) is 0. The molecule has 0 aliphatic rings. The fourth-order valence-corrected chi connectivity index (χ4v) is 1.000. The average molecular weight is 341 g/mol. The molecule has 4 nitrogen and oxygen atoms in total. The first-order chi connectivity index (χ1) is 7.35. The summed E-state index contributed by atoms with van der Waals surface area (Å²) in [6.45, 7) is 11.6. The highest BCUT2D eigenvalue weighted by molar-refractivity contribution is 14.0. The molecule has 0 bridgehead atoms. The van der Waals surface area contributed by atoms with E-state index in [2.05, 4.69) is 22.2 Å². The van der Waals surface area contributed by atoms with Crippen LogP contribution >= 0.6 is 24.0 Å². The summed E-state index contributed by atoms with van der Waals surface area (Å²) in [5.74, 6) is 0.854. The second-order valence-corrected chi connectivity index (χ2v) is 2.98. The van der Waals surface area contributed by atoms with Gasteiger partial charge in [0.1, 0.15) is 0 Å². The molecule has 0 atom stereocenters. The standard InChI is InChI=1S/C11H23N3O.HI/c1-4-7-9-15-10-8-14-11(12-5-2)13-6-3;/h4H,1,5-10H2,2-3H3,(H2,12,13,14);1H. The van der Waals surface area contributed by atoms with Crippen molar-refractivity contribution in [2.45, 2.75) is 20.3 Å². The summed E-state index contributed by atoms with van der Waals surface area (Å²) in [5.41, 5.74) is 0. The molecule has 16 heavy (non-hydrogen) atoms. The predicted molar refractivity (Wildman–Crippen MR) is 80.7 cm³/mol. The molecule has 0 saturated carbocycles. The van der Waals surface area contributed by atoms with Crippen molar-refractivity contribution in [1.82, 2.24) is 10.6 Å². The molecule has 0 aliphatic heterocycles. The first-order valence-electron chi connectivity index (χ1n) is 5.56. The number of nitrogens with one attached hydrogen (secondary N) is 2. The molecule has 5 heteroatoms. The van der Waals surface area contributed by atoms with Gasteiger partial charge in [0.15, 0.2) is 5.96 Å². The smallest absolute Gasteiger partial charge is 0.191 e. The number of rotatable bonds is 8. The van der Waals surface area contributed by atoms with Gasteiger partial charge in [-0.2, -0.15) is 0 Å². The Balaban J connectivity index is 0. The van der Waals surface area contributed by atoms with E-state index < -0.39 is 0 Å². The van der Waals surface area contributed by atoms with Crippen LogP contribution in [0.5, 0.6) is 0 Å². The van der Waals surface area contributed by atoms with Crippen molar-refractivity contribution in [3.05, 3.63) is 12.7 Å². The summed E-state index contributed by atoms with van der Waals surface area (Å²) in [6, 6.07) is 0. The van der Waals surface area contributed by atoms with Gasteiger partial charge in [0.2, 0.25) is 0 Å². The molecule has 0 aliphatic carbocycles. The highest BCUT2D eigenvalue weighted by Gasteiger charge is 1.92. The van der Waals surface area contributed by atoms with Gasteiger partial charge in [0, 0.05) is 13.1 Å². The number of ether oxygens (including phenoxy) is 1. The first-order valence-corrected chi connectivity index (χ1v) is 5.56. The minimum absolute atomic E-state index is 0. The topological polar surface area (TPSA) is 45.6 Å². The third kappa shape index (κ3) is 11.8. The highest BCUT2D eigenvalue weighted by Crippen LogP contribution is 1.83. The van der Waals surface area contributed by atoms with Crippen LogP contribution in [0.3, 0.4) is 0 Å². The van der Waals surface area contributed by atoms with Crippen molar-refractivity contribution in [2.75, 3.05) is 32.8 Å². The van der Waals surface area contributed by atoms with Crippen LogP contribution in [0.1, 0.15) is 20.3 Å². The minimum atomic E-state index is 0. The molecule has 96 valence electrons. The van der Waals surface area contributed by atoms with Crippen LogP contribution < -0.4 is 10.6 Å². The Morgan fingerprint density at radius 1 is 1.25 bits per heavy atom. The summed E-state index contributed by atoms with van der Waals surface area (Å²) >= 11 is 0. The number of nitrogens with zero attached hydrogens (tertiary/aromatic N) is 1. The summed E-state index contributed by atoms with van der Waals surface area (Å²) in [4.78, 5) is 4.34. The van der Waals surface area contributed by atoms with Crippen LogP contribution in [0.4, 0.5) is 0 Å². The number of aliphatic imine (C=N–C) groups is 1. The molecule has 0 aromatic heterocycles. The lowest BCUT2D eigenvalue weighted by atomic mass is 10.5. The van der Waals surface area contributed by atoms with Gasteiger partial charge in [-0.15, -0.1) is 30.6 Å². The summed E-state index contributed by atoms with van der Waals surface area (Å²) in [6.07, 6.45) is 2.75. The van der Waals surface area contributed by atoms with Gasteiger partial charge < -0.3 is 15.4 Å². The monoisotopic (exact) mass is 341 g/mol. The molecule has 0 saturated heterocycles. The van der Waals surface area contributed by atoms with Gasteiger partial charge in [-0.05, 0) is 20.3 Å². The van der Waals surface area contributed by atoms with E-state index in [-0.39, 0.29) is 24.0 Å². The van der Waals surface area contributed by atoms with Gasteiger partial charge in [0.25, 0.3) is 0 Å². The fourth-order valence-electron chi connectivity index (χ4n) is 1.000. The number of guanidine groups is 1. The average Bonchev–Trinajstić information content (AvgIpc) is 2.24. The molecule has 0 aromatic rings. The van der Waals surface area contributed by atoms with Gasteiger partial charge in [0.05, 0.1) is 19.8 Å². The normalized spacial score (nSPS) is 8.88. The van der Waals surface area contributed by atoms with E-state index in [1.807, 2.05) is 19.9 Å². The van der Waals surface area contributed by atoms with Crippen molar-refractivity contribution < 1.29 is 4.74 Å². The van der Waals surface area contributed by atoms with E-state index >= 15 is 0 Å². The molecule has 0 rings (SSSR count). The lowest BCUT2D eigenvalue weighted by Gasteiger charge is -2.08. The van der Waals surface area contributed by atoms with Gasteiger partial charge in [-0.25, -0.2) is 0 Å². The third-order valence-electron chi connectivity index (χ3n) is 1.66. The maximum Gasteiger partial charge on any atom is 0.191 e. The van der Waals surface area contributed by atoms with E-state index in [1.165, 1.54) is 0 Å². The number of hydrogen-bond donors (Lipinski definition) is 2. The zero-order valence-corrected chi connectivity index (χ0v) is 12.6. The van der Waals surface area contributed by atoms with E-state index in [9.17, 15) is 0 Å². The minimum Gasteiger partial charge on any atom is -0.379 e. The van der Waals surface area contributed by atoms with Gasteiger partial charge in [-0.1, -0.05) is 6.08 Å². The molecular weight excluding hydrogens is 317 g/mol. The van der Waals surface area contributed by atoms with Crippen LogP contribution in [0.25, 0.3) is 0 Å². The van der Waals surface area contributed by atoms with Crippen LogP contribution in [0, 0.1) is 0 Å². The zero-order chi connectivity index (χ0) is 11.4. The Hall–Kier alpha value is -0.300. The Kier molecular flexibility index (Phi) is 16.6. The Morgan fingerprint density at radius 3 is 2.38 bits per heavy atom. The van der Waals surface area contributed by atoms with Crippen molar-refractivity contribution in [3.8, 4) is 0 Å². The van der Waals surface area contributed by atoms with E-state index in [0.717, 1.165) is 32.1 Å². The molecule has 0 spiro atoms. The highest BCUT2D eigenvalue weighted by atomic mass is 127. The molecule has 0 aromatic carbocycles. The van der Waals surface area contributed by atoms with Crippen LogP contribution in [0.15, 0.2) is 17.6 Å². The first kappa shape index (κ1) is 18.1. The fraction of sp³-hybridized carbons (Fsp3) is 0.727. The zero-order valence-electron chi connectivity index (χ0n) is 10.3. The second-order valence-electron chi connectivity index (χ2n) is 2.98. The molecule has 0 radical (unpaired) electrons. The summed E-state index contributed by atoms with van der Waals surface area (Å²) in [5, 5.41) is 6.31. The Labute approximate surface area is 116 Å². The Bertz CT molecular complexity index is 178. The van der Waals surface area contributed by atoms with Crippen LogP contribution in [-0.4, -0.2) is 38.8 Å². The summed E-state index contributed by atoms with van der Waals surface area (Å²) < 4.78 is 5.35. The SMILES string of the molecule is C=CCCOCCN=C(NCC)NCC.I. The lowest BCUT2D eigenvalue weighted by Crippen LogP contribution is -2.37. The van der Waals surface area contributed by atoms with E-state index in [0.29, 0.717) is 13.2 Å². The number of hydrogen-bond acceptors (Lipinski definition) is 2. The van der Waals surface area contributed by atoms with Crippen molar-refractivity contribution in [3.63, 3.8) is 0 Å². The molecule has 0 unspecified atom stereocenters. The van der Waals surface area contributed by atoms with E-state index in [4.69, 9.17) is 4.74 Å². The largest absolute Gasteiger partial charge is 0.379 e. The van der Waals surface area contributed by atoms with Crippen molar-refractivity contribution >= 4 is 29.9 Å². The maximum absolute atomic E-state index is 5.35. The van der Waals surface area contributed by atoms with Gasteiger partial charge in [-0.3, -0.25) is 4.99 Å². The molecule has 2 N–H and O–H groups in total. The molecule has 0 heterocycles. The lowest BCUT2D eigenvalue weighted by molar-refractivity contribution is 0.146. The Morgan fingerprint density at radius 2 is 1.88 bits per heavy atom. The predicted octanol–water partition coefficient (Wildman–Crippen LogP) is 1.77.